The van der Waals surface area contributed by atoms with Gasteiger partial charge in [-0.3, -0.25) is 9.59 Å². The summed E-state index contributed by atoms with van der Waals surface area (Å²) in [6.45, 7) is 0.543. The summed E-state index contributed by atoms with van der Waals surface area (Å²) in [5.74, 6) is -2.13. The van der Waals surface area contributed by atoms with Gasteiger partial charge in [0, 0.05) is 25.2 Å². The van der Waals surface area contributed by atoms with Gasteiger partial charge in [-0.15, -0.1) is 0 Å². The predicted molar refractivity (Wildman–Crippen MR) is 85.5 cm³/mol. The Balaban J connectivity index is 1.72. The Bertz CT molecular complexity index is 685. The van der Waals surface area contributed by atoms with Crippen LogP contribution in [0.1, 0.15) is 36.3 Å². The molecule has 5 nitrogen and oxygen atoms in total. The fourth-order valence-electron chi connectivity index (χ4n) is 3.52. The van der Waals surface area contributed by atoms with Crippen LogP contribution in [0.25, 0.3) is 0 Å². The van der Waals surface area contributed by atoms with Gasteiger partial charge in [0.15, 0.2) is 0 Å². The van der Waals surface area contributed by atoms with E-state index in [0.29, 0.717) is 38.0 Å². The molecule has 1 heterocycles. The molecule has 0 aromatic heterocycles. The molecular weight excluding hydrogens is 351 g/mol. The average molecular weight is 371 g/mol. The molecule has 1 saturated carbocycles. The summed E-state index contributed by atoms with van der Waals surface area (Å²) in [5.41, 5.74) is -0.264. The Hall–Kier alpha value is -2.09. The highest BCUT2D eigenvalue weighted by atomic mass is 19.4. The van der Waals surface area contributed by atoms with Crippen LogP contribution in [0, 0.1) is 5.92 Å². The smallest absolute Gasteiger partial charge is 0.416 e. The third-order valence-corrected chi connectivity index (χ3v) is 4.97. The van der Waals surface area contributed by atoms with Gasteiger partial charge in [0.25, 0.3) is 0 Å². The van der Waals surface area contributed by atoms with Crippen molar-refractivity contribution in [3.8, 4) is 0 Å². The number of ether oxygens (including phenoxy) is 1. The first-order chi connectivity index (χ1) is 12.3. The molecule has 1 aromatic carbocycles. The molecule has 0 bridgehead atoms. The number of carboxylic acid groups (broad SMARTS) is 1. The van der Waals surface area contributed by atoms with Gasteiger partial charge in [-0.05, 0) is 36.8 Å². The van der Waals surface area contributed by atoms with Crippen molar-refractivity contribution >= 4 is 11.9 Å². The lowest BCUT2D eigenvalue weighted by Crippen LogP contribution is -2.46. The van der Waals surface area contributed by atoms with E-state index in [0.717, 1.165) is 12.1 Å². The molecule has 0 unspecified atom stereocenters. The summed E-state index contributed by atoms with van der Waals surface area (Å²) < 4.78 is 43.9. The topological polar surface area (TPSA) is 66.8 Å². The second-order valence-corrected chi connectivity index (χ2v) is 6.78. The number of benzene rings is 1. The van der Waals surface area contributed by atoms with E-state index in [4.69, 9.17) is 9.84 Å². The fraction of sp³-hybridized carbons (Fsp3) is 0.556. The number of amides is 1. The normalized spacial score (nSPS) is 23.5. The third kappa shape index (κ3) is 4.17. The molecule has 142 valence electrons. The van der Waals surface area contributed by atoms with E-state index in [2.05, 4.69) is 0 Å². The Kier molecular flexibility index (Phi) is 5.22. The van der Waals surface area contributed by atoms with Crippen LogP contribution in [0.2, 0.25) is 0 Å². The van der Waals surface area contributed by atoms with Crippen LogP contribution in [0.15, 0.2) is 24.3 Å². The zero-order chi connectivity index (χ0) is 18.9. The summed E-state index contributed by atoms with van der Waals surface area (Å²) >= 11 is 0. The summed E-state index contributed by atoms with van der Waals surface area (Å²) in [4.78, 5) is 25.3. The minimum Gasteiger partial charge on any atom is -0.480 e. The maximum absolute atomic E-state index is 12.9. The van der Waals surface area contributed by atoms with Crippen molar-refractivity contribution in [2.75, 3.05) is 19.8 Å². The Morgan fingerprint density at radius 3 is 2.54 bits per heavy atom. The first-order valence-corrected chi connectivity index (χ1v) is 8.54. The molecule has 1 aliphatic heterocycles. The van der Waals surface area contributed by atoms with Gasteiger partial charge in [-0.2, -0.15) is 13.2 Å². The molecule has 1 amide bonds. The fourth-order valence-corrected chi connectivity index (χ4v) is 3.52. The summed E-state index contributed by atoms with van der Waals surface area (Å²) in [6, 6.07) is 4.81. The quantitative estimate of drug-likeness (QED) is 0.864. The van der Waals surface area contributed by atoms with Crippen molar-refractivity contribution in [3.05, 3.63) is 35.4 Å². The number of nitrogens with zero attached hydrogens (tertiary/aromatic N) is 1. The van der Waals surface area contributed by atoms with E-state index < -0.39 is 30.2 Å². The number of carboxylic acids is 1. The first kappa shape index (κ1) is 18.7. The van der Waals surface area contributed by atoms with Crippen molar-refractivity contribution in [2.45, 2.75) is 37.4 Å². The lowest BCUT2D eigenvalue weighted by Gasteiger charge is -2.33. The first-order valence-electron chi connectivity index (χ1n) is 8.54. The molecule has 0 radical (unpaired) electrons. The second kappa shape index (κ2) is 7.26. The van der Waals surface area contributed by atoms with Gasteiger partial charge in [-0.25, -0.2) is 0 Å². The Morgan fingerprint density at radius 2 is 1.92 bits per heavy atom. The monoisotopic (exact) mass is 371 g/mol. The van der Waals surface area contributed by atoms with Crippen LogP contribution >= 0.6 is 0 Å². The van der Waals surface area contributed by atoms with Crippen LogP contribution in [-0.4, -0.2) is 47.7 Å². The van der Waals surface area contributed by atoms with Gasteiger partial charge in [-0.1, -0.05) is 18.2 Å². The van der Waals surface area contributed by atoms with Crippen LogP contribution in [0.4, 0.5) is 13.2 Å². The average Bonchev–Trinajstić information content (AvgIpc) is 3.40. The van der Waals surface area contributed by atoms with E-state index >= 15 is 0 Å². The molecule has 1 aromatic rings. The number of hydrogen-bond acceptors (Lipinski definition) is 3. The molecule has 0 spiro atoms. The minimum absolute atomic E-state index is 0.199. The van der Waals surface area contributed by atoms with Gasteiger partial charge >= 0.3 is 12.1 Å². The molecule has 2 fully saturated rings. The van der Waals surface area contributed by atoms with Crippen LogP contribution in [0.5, 0.6) is 0 Å². The lowest BCUT2D eigenvalue weighted by molar-refractivity contribution is -0.148. The molecule has 3 rings (SSSR count). The zero-order valence-electron chi connectivity index (χ0n) is 14.0. The van der Waals surface area contributed by atoms with Crippen LogP contribution < -0.4 is 0 Å². The molecular formula is C18H20F3NO4. The van der Waals surface area contributed by atoms with Crippen LogP contribution in [0.3, 0.4) is 0 Å². The molecule has 2 aliphatic rings. The molecule has 2 atom stereocenters. The van der Waals surface area contributed by atoms with Crippen molar-refractivity contribution < 1.29 is 32.6 Å². The highest BCUT2D eigenvalue weighted by molar-refractivity contribution is 5.86. The molecule has 1 aliphatic carbocycles. The summed E-state index contributed by atoms with van der Waals surface area (Å²) in [6.07, 6.45) is -2.85. The van der Waals surface area contributed by atoms with Crippen molar-refractivity contribution in [3.63, 3.8) is 0 Å². The van der Waals surface area contributed by atoms with Crippen LogP contribution in [-0.2, 0) is 20.5 Å². The lowest BCUT2D eigenvalue weighted by atomic mass is 10.0. The van der Waals surface area contributed by atoms with Gasteiger partial charge in [0.1, 0.15) is 6.54 Å². The maximum atomic E-state index is 12.9. The van der Waals surface area contributed by atoms with Crippen molar-refractivity contribution in [1.29, 1.82) is 0 Å². The number of carbonyl (C=O) groups is 2. The summed E-state index contributed by atoms with van der Waals surface area (Å²) in [5, 5.41) is 9.12. The summed E-state index contributed by atoms with van der Waals surface area (Å²) in [7, 11) is 0. The SMILES string of the molecule is O=C(O)CN(C(=O)[C@H]1C[C@@H]1c1cccc(C(F)(F)F)c1)C1CCOCC1. The molecule has 26 heavy (non-hydrogen) atoms. The van der Waals surface area contributed by atoms with E-state index in [9.17, 15) is 22.8 Å². The number of hydrogen-bond donors (Lipinski definition) is 1. The van der Waals surface area contributed by atoms with Crippen molar-refractivity contribution in [2.24, 2.45) is 5.92 Å². The second-order valence-electron chi connectivity index (χ2n) is 6.78. The van der Waals surface area contributed by atoms with Gasteiger partial charge in [0.05, 0.1) is 5.56 Å². The van der Waals surface area contributed by atoms with Crippen molar-refractivity contribution in [1.82, 2.24) is 4.90 Å². The molecule has 1 N–H and O–H groups in total. The third-order valence-electron chi connectivity index (χ3n) is 4.97. The number of halogens is 3. The zero-order valence-corrected chi connectivity index (χ0v) is 14.0. The van der Waals surface area contributed by atoms with Gasteiger partial charge < -0.3 is 14.7 Å². The largest absolute Gasteiger partial charge is 0.480 e. The number of rotatable bonds is 5. The highest BCUT2D eigenvalue weighted by Gasteiger charge is 2.47. The molecule has 8 heteroatoms. The number of aliphatic carboxylic acids is 1. The van der Waals surface area contributed by atoms with E-state index in [1.807, 2.05) is 0 Å². The number of carbonyl (C=O) groups excluding carboxylic acids is 1. The van der Waals surface area contributed by atoms with Gasteiger partial charge in [0.2, 0.25) is 5.91 Å². The maximum Gasteiger partial charge on any atom is 0.416 e. The van der Waals surface area contributed by atoms with E-state index in [1.54, 1.807) is 6.07 Å². The standard InChI is InChI=1S/C18H20F3NO4/c19-18(20,21)12-3-1-2-11(8-12)14-9-15(14)17(25)22(10-16(23)24)13-4-6-26-7-5-13/h1-3,8,13-15H,4-7,9-10H2,(H,23,24)/t14-,15+/m1/s1. The minimum atomic E-state index is -4.43. The van der Waals surface area contributed by atoms with E-state index in [1.165, 1.54) is 11.0 Å². The molecule has 1 saturated heterocycles. The Labute approximate surface area is 148 Å². The predicted octanol–water partition coefficient (Wildman–Crippen LogP) is 2.90. The van der Waals surface area contributed by atoms with E-state index in [-0.39, 0.29) is 17.9 Å². The number of alkyl halides is 3. The Morgan fingerprint density at radius 1 is 1.23 bits per heavy atom. The highest BCUT2D eigenvalue weighted by Crippen LogP contribution is 2.49.